The minimum Gasteiger partial charge on any atom is -0.350 e. The number of piperidine rings is 1. The van der Waals surface area contributed by atoms with Crippen LogP contribution >= 0.6 is 11.3 Å². The number of amides is 1. The van der Waals surface area contributed by atoms with Crippen molar-refractivity contribution < 1.29 is 4.79 Å². The van der Waals surface area contributed by atoms with E-state index >= 15 is 0 Å². The van der Waals surface area contributed by atoms with Crippen molar-refractivity contribution in [3.63, 3.8) is 0 Å². The monoisotopic (exact) mass is 333 g/mol. The summed E-state index contributed by atoms with van der Waals surface area (Å²) < 4.78 is 1.91. The highest BCUT2D eigenvalue weighted by Crippen LogP contribution is 2.17. The molecule has 1 unspecified atom stereocenters. The van der Waals surface area contributed by atoms with E-state index in [-0.39, 0.29) is 5.91 Å². The average Bonchev–Trinajstić information content (AvgIpc) is 3.15. The van der Waals surface area contributed by atoms with Crippen molar-refractivity contribution >= 4 is 17.2 Å². The number of hydrogen-bond acceptors (Lipinski definition) is 5. The lowest BCUT2D eigenvalue weighted by Crippen LogP contribution is -2.32. The lowest BCUT2D eigenvalue weighted by atomic mass is 10.1. The van der Waals surface area contributed by atoms with E-state index in [1.807, 2.05) is 24.7 Å². The van der Waals surface area contributed by atoms with Crippen LogP contribution in [0.15, 0.2) is 12.3 Å². The van der Waals surface area contributed by atoms with Crippen LogP contribution in [-0.4, -0.2) is 40.3 Å². The molecule has 124 valence electrons. The molecule has 2 aromatic heterocycles. The summed E-state index contributed by atoms with van der Waals surface area (Å²) in [6, 6.07) is 2.15. The molecule has 2 N–H and O–H groups in total. The van der Waals surface area contributed by atoms with E-state index in [1.54, 1.807) is 17.4 Å². The van der Waals surface area contributed by atoms with E-state index in [0.717, 1.165) is 43.1 Å². The fraction of sp³-hybridized carbons (Fsp3) is 0.562. The molecule has 3 rings (SSSR count). The van der Waals surface area contributed by atoms with Crippen molar-refractivity contribution in [2.75, 3.05) is 19.6 Å². The first-order valence-electron chi connectivity index (χ1n) is 8.10. The minimum absolute atomic E-state index is 0.105. The Balaban J connectivity index is 1.52. The minimum atomic E-state index is -0.105. The van der Waals surface area contributed by atoms with E-state index in [4.69, 9.17) is 0 Å². The summed E-state index contributed by atoms with van der Waals surface area (Å²) in [6.45, 7) is 6.63. The SMILES string of the molecule is Cc1nc(C)c(CCNC(=O)c2ccn(C3CCCNC3)n2)s1. The standard InChI is InChI=1S/C16H23N5OS/c1-11-15(23-12(2)19-11)5-8-18-16(22)14-6-9-21(20-14)13-4-3-7-17-10-13/h6,9,13,17H,3-5,7-8,10H2,1-2H3,(H,18,22). The van der Waals surface area contributed by atoms with Gasteiger partial charge in [0.1, 0.15) is 5.69 Å². The lowest BCUT2D eigenvalue weighted by molar-refractivity contribution is 0.0948. The van der Waals surface area contributed by atoms with Gasteiger partial charge in [0.2, 0.25) is 0 Å². The van der Waals surface area contributed by atoms with Crippen molar-refractivity contribution in [1.29, 1.82) is 0 Å². The molecule has 7 heteroatoms. The van der Waals surface area contributed by atoms with Gasteiger partial charge in [-0.05, 0) is 39.3 Å². The Hall–Kier alpha value is -1.73. The first kappa shape index (κ1) is 16.1. The largest absolute Gasteiger partial charge is 0.350 e. The van der Waals surface area contributed by atoms with Crippen LogP contribution in [0, 0.1) is 13.8 Å². The normalized spacial score (nSPS) is 18.1. The van der Waals surface area contributed by atoms with Crippen molar-refractivity contribution in [3.05, 3.63) is 33.5 Å². The van der Waals surface area contributed by atoms with Gasteiger partial charge in [-0.1, -0.05) is 0 Å². The fourth-order valence-corrected chi connectivity index (χ4v) is 3.84. The van der Waals surface area contributed by atoms with E-state index in [1.165, 1.54) is 4.88 Å². The summed E-state index contributed by atoms with van der Waals surface area (Å²) in [5.74, 6) is -0.105. The van der Waals surface area contributed by atoms with Gasteiger partial charge in [-0.15, -0.1) is 11.3 Å². The summed E-state index contributed by atoms with van der Waals surface area (Å²) >= 11 is 1.70. The number of thiazole rings is 1. The van der Waals surface area contributed by atoms with Gasteiger partial charge in [0, 0.05) is 30.6 Å². The van der Waals surface area contributed by atoms with Crippen LogP contribution < -0.4 is 10.6 Å². The number of rotatable bonds is 5. The second-order valence-electron chi connectivity index (χ2n) is 5.93. The fourth-order valence-electron chi connectivity index (χ4n) is 2.91. The summed E-state index contributed by atoms with van der Waals surface area (Å²) in [7, 11) is 0. The number of aryl methyl sites for hydroxylation is 2. The molecule has 1 aliphatic rings. The zero-order valence-corrected chi connectivity index (χ0v) is 14.4. The summed E-state index contributed by atoms with van der Waals surface area (Å²) in [4.78, 5) is 17.9. The third kappa shape index (κ3) is 3.97. The molecule has 0 aromatic carbocycles. The molecule has 0 radical (unpaired) electrons. The Bertz CT molecular complexity index is 672. The molecule has 1 fully saturated rings. The second kappa shape index (κ2) is 7.23. The first-order valence-corrected chi connectivity index (χ1v) is 8.92. The Morgan fingerprint density at radius 2 is 2.39 bits per heavy atom. The molecule has 3 heterocycles. The molecule has 0 aliphatic carbocycles. The van der Waals surface area contributed by atoms with Crippen molar-refractivity contribution in [2.24, 2.45) is 0 Å². The number of nitrogens with one attached hydrogen (secondary N) is 2. The number of carbonyl (C=O) groups is 1. The molecule has 1 aliphatic heterocycles. The zero-order chi connectivity index (χ0) is 16.2. The molecule has 0 bridgehead atoms. The molecule has 0 spiro atoms. The molecule has 1 atom stereocenters. The number of hydrogen-bond donors (Lipinski definition) is 2. The maximum Gasteiger partial charge on any atom is 0.271 e. The molecule has 2 aromatic rings. The van der Waals surface area contributed by atoms with E-state index in [0.29, 0.717) is 18.3 Å². The van der Waals surface area contributed by atoms with Crippen molar-refractivity contribution in [3.8, 4) is 0 Å². The summed E-state index contributed by atoms with van der Waals surface area (Å²) in [6.07, 6.45) is 4.99. The Labute approximate surface area is 140 Å². The first-order chi connectivity index (χ1) is 11.1. The van der Waals surface area contributed by atoms with Crippen molar-refractivity contribution in [2.45, 2.75) is 39.2 Å². The van der Waals surface area contributed by atoms with Crippen LogP contribution in [0.2, 0.25) is 0 Å². The Morgan fingerprint density at radius 1 is 1.52 bits per heavy atom. The molecule has 0 saturated carbocycles. The predicted octanol–water partition coefficient (Wildman–Crippen LogP) is 1.85. The highest BCUT2D eigenvalue weighted by molar-refractivity contribution is 7.11. The van der Waals surface area contributed by atoms with Crippen LogP contribution in [0.4, 0.5) is 0 Å². The smallest absolute Gasteiger partial charge is 0.271 e. The number of aromatic nitrogens is 3. The summed E-state index contributed by atoms with van der Waals surface area (Å²) in [5.41, 5.74) is 1.56. The molecule has 1 saturated heterocycles. The molecule has 1 amide bonds. The van der Waals surface area contributed by atoms with Gasteiger partial charge < -0.3 is 10.6 Å². The van der Waals surface area contributed by atoms with Gasteiger partial charge in [-0.3, -0.25) is 9.48 Å². The van der Waals surface area contributed by atoms with Gasteiger partial charge in [-0.25, -0.2) is 4.98 Å². The predicted molar refractivity (Wildman–Crippen MR) is 91.0 cm³/mol. The summed E-state index contributed by atoms with van der Waals surface area (Å²) in [5, 5.41) is 11.8. The van der Waals surface area contributed by atoms with Gasteiger partial charge in [0.05, 0.1) is 16.7 Å². The zero-order valence-electron chi connectivity index (χ0n) is 13.6. The Morgan fingerprint density at radius 3 is 3.09 bits per heavy atom. The molecular formula is C16H23N5OS. The van der Waals surface area contributed by atoms with E-state index in [2.05, 4.69) is 20.7 Å². The third-order valence-corrected chi connectivity index (χ3v) is 5.26. The van der Waals surface area contributed by atoms with Gasteiger partial charge in [0.25, 0.3) is 5.91 Å². The van der Waals surface area contributed by atoms with Crippen LogP contribution in [0.5, 0.6) is 0 Å². The van der Waals surface area contributed by atoms with Crippen LogP contribution in [0.1, 0.15) is 45.0 Å². The quantitative estimate of drug-likeness (QED) is 0.876. The maximum atomic E-state index is 12.2. The van der Waals surface area contributed by atoms with E-state index < -0.39 is 0 Å². The van der Waals surface area contributed by atoms with Crippen LogP contribution in [-0.2, 0) is 6.42 Å². The second-order valence-corrected chi connectivity index (χ2v) is 7.22. The molecule has 23 heavy (non-hydrogen) atoms. The van der Waals surface area contributed by atoms with Gasteiger partial charge in [0.15, 0.2) is 0 Å². The van der Waals surface area contributed by atoms with Gasteiger partial charge in [-0.2, -0.15) is 5.10 Å². The van der Waals surface area contributed by atoms with Crippen LogP contribution in [0.3, 0.4) is 0 Å². The lowest BCUT2D eigenvalue weighted by Gasteiger charge is -2.22. The highest BCUT2D eigenvalue weighted by Gasteiger charge is 2.17. The topological polar surface area (TPSA) is 71.8 Å². The third-order valence-electron chi connectivity index (χ3n) is 4.12. The Kier molecular flexibility index (Phi) is 5.07. The maximum absolute atomic E-state index is 12.2. The number of nitrogens with zero attached hydrogens (tertiary/aromatic N) is 3. The van der Waals surface area contributed by atoms with Crippen molar-refractivity contribution in [1.82, 2.24) is 25.4 Å². The average molecular weight is 333 g/mol. The number of carbonyl (C=O) groups excluding carboxylic acids is 1. The van der Waals surface area contributed by atoms with Gasteiger partial charge >= 0.3 is 0 Å². The van der Waals surface area contributed by atoms with E-state index in [9.17, 15) is 4.79 Å². The molecular weight excluding hydrogens is 310 g/mol. The molecule has 6 nitrogen and oxygen atoms in total. The van der Waals surface area contributed by atoms with Crippen LogP contribution in [0.25, 0.3) is 0 Å². The highest BCUT2D eigenvalue weighted by atomic mass is 32.1.